The van der Waals surface area contributed by atoms with Gasteiger partial charge in [-0.05, 0) is 42.0 Å². The van der Waals surface area contributed by atoms with Crippen LogP contribution in [-0.2, 0) is 6.54 Å². The highest BCUT2D eigenvalue weighted by molar-refractivity contribution is 6.35. The lowest BCUT2D eigenvalue weighted by Crippen LogP contribution is -2.34. The number of phenolic OH excluding ortho intramolecular Hbond substituents is 1. The average Bonchev–Trinajstić information content (AvgIpc) is 3.34. The molecule has 10 heteroatoms. The highest BCUT2D eigenvalue weighted by Crippen LogP contribution is 2.37. The first-order valence-electron chi connectivity index (χ1n) is 11.4. The van der Waals surface area contributed by atoms with Crippen molar-refractivity contribution in [3.05, 3.63) is 122 Å². The average molecular weight is 534 g/mol. The van der Waals surface area contributed by atoms with Crippen LogP contribution in [-0.4, -0.2) is 31.4 Å². The third-order valence-corrected chi connectivity index (χ3v) is 6.61. The van der Waals surface area contributed by atoms with E-state index < -0.39 is 17.6 Å². The lowest BCUT2D eigenvalue weighted by Gasteiger charge is -2.23. The van der Waals surface area contributed by atoms with Crippen molar-refractivity contribution < 1.29 is 9.90 Å². The molecule has 2 amide bonds. The number of para-hydroxylation sites is 1. The van der Waals surface area contributed by atoms with Crippen LogP contribution in [0.5, 0.6) is 5.75 Å². The minimum absolute atomic E-state index is 0.0508. The summed E-state index contributed by atoms with van der Waals surface area (Å²) in [4.78, 5) is 30.7. The van der Waals surface area contributed by atoms with E-state index in [-0.39, 0.29) is 18.0 Å². The van der Waals surface area contributed by atoms with Crippen LogP contribution in [0.4, 0.5) is 10.5 Å². The number of benzene rings is 2. The van der Waals surface area contributed by atoms with Gasteiger partial charge in [0.15, 0.2) is 0 Å². The molecule has 0 saturated carbocycles. The number of rotatable bonds is 5. The Hall–Kier alpha value is -4.14. The summed E-state index contributed by atoms with van der Waals surface area (Å²) >= 11 is 12.3. The standard InChI is InChI=1S/C27H21Cl2N5O3/c28-19-10-9-18(21(29)13-19)16-33-12-4-7-22(26(33)36)31-27(37)34-24(20-6-1-2-8-25(20)35)14-23(32-34)17-5-3-11-30-15-17/h1-13,15,24,35H,14,16H2,(H,31,37). The smallest absolute Gasteiger partial charge is 0.343 e. The summed E-state index contributed by atoms with van der Waals surface area (Å²) in [5.41, 5.74) is 2.33. The summed E-state index contributed by atoms with van der Waals surface area (Å²) in [5.74, 6) is 0.0508. The maximum Gasteiger partial charge on any atom is 0.343 e. The minimum atomic E-state index is -0.605. The number of hydrogen-bond acceptors (Lipinski definition) is 5. The Labute approximate surface area is 222 Å². The number of carbonyl (C=O) groups is 1. The summed E-state index contributed by atoms with van der Waals surface area (Å²) in [7, 11) is 0. The van der Waals surface area contributed by atoms with Gasteiger partial charge in [-0.25, -0.2) is 9.80 Å². The van der Waals surface area contributed by atoms with Crippen LogP contribution >= 0.6 is 23.2 Å². The van der Waals surface area contributed by atoms with Crippen LogP contribution < -0.4 is 10.9 Å². The Morgan fingerprint density at radius 2 is 1.92 bits per heavy atom. The molecule has 3 heterocycles. The van der Waals surface area contributed by atoms with Crippen LogP contribution in [0.3, 0.4) is 0 Å². The predicted molar refractivity (Wildman–Crippen MR) is 143 cm³/mol. The fourth-order valence-electron chi connectivity index (χ4n) is 4.18. The van der Waals surface area contributed by atoms with Gasteiger partial charge in [-0.3, -0.25) is 9.78 Å². The molecule has 4 aromatic rings. The van der Waals surface area contributed by atoms with Crippen molar-refractivity contribution in [2.45, 2.75) is 19.0 Å². The van der Waals surface area contributed by atoms with Crippen LogP contribution in [0.25, 0.3) is 0 Å². The summed E-state index contributed by atoms with van der Waals surface area (Å²) in [6, 6.07) is 17.5. The second-order valence-corrected chi connectivity index (χ2v) is 9.28. The summed E-state index contributed by atoms with van der Waals surface area (Å²) in [5, 5.41) is 19.9. The molecule has 186 valence electrons. The number of carbonyl (C=O) groups excluding carboxylic acids is 1. The van der Waals surface area contributed by atoms with Gasteiger partial charge in [-0.1, -0.05) is 53.5 Å². The minimum Gasteiger partial charge on any atom is -0.508 e. The summed E-state index contributed by atoms with van der Waals surface area (Å²) in [6.45, 7) is 0.200. The van der Waals surface area contributed by atoms with Gasteiger partial charge in [0.25, 0.3) is 5.56 Å². The molecule has 37 heavy (non-hydrogen) atoms. The monoisotopic (exact) mass is 533 g/mol. The van der Waals surface area contributed by atoms with Gasteiger partial charge in [0.2, 0.25) is 0 Å². The molecule has 1 aliphatic heterocycles. The molecule has 0 saturated heterocycles. The second-order valence-electron chi connectivity index (χ2n) is 8.43. The van der Waals surface area contributed by atoms with E-state index in [9.17, 15) is 14.7 Å². The fourth-order valence-corrected chi connectivity index (χ4v) is 4.65. The lowest BCUT2D eigenvalue weighted by atomic mass is 9.98. The van der Waals surface area contributed by atoms with Crippen molar-refractivity contribution in [2.75, 3.05) is 5.32 Å². The number of phenols is 1. The van der Waals surface area contributed by atoms with E-state index in [0.29, 0.717) is 33.3 Å². The maximum absolute atomic E-state index is 13.4. The molecular formula is C27H21Cl2N5O3. The first-order valence-corrected chi connectivity index (χ1v) is 12.2. The van der Waals surface area contributed by atoms with Gasteiger partial charge in [-0.15, -0.1) is 0 Å². The largest absolute Gasteiger partial charge is 0.508 e. The van der Waals surface area contributed by atoms with E-state index in [1.54, 1.807) is 73.2 Å². The van der Waals surface area contributed by atoms with Crippen molar-refractivity contribution in [2.24, 2.45) is 5.10 Å². The molecule has 0 radical (unpaired) electrons. The van der Waals surface area contributed by atoms with Crippen molar-refractivity contribution in [1.82, 2.24) is 14.6 Å². The topological polar surface area (TPSA) is 99.8 Å². The van der Waals surface area contributed by atoms with Crippen LogP contribution in [0.1, 0.15) is 29.2 Å². The van der Waals surface area contributed by atoms with Gasteiger partial charge in [0.05, 0.1) is 18.3 Å². The van der Waals surface area contributed by atoms with Crippen molar-refractivity contribution >= 4 is 40.6 Å². The number of pyridine rings is 2. The number of aromatic hydroxyl groups is 1. The Bertz CT molecular complexity index is 1560. The summed E-state index contributed by atoms with van der Waals surface area (Å²) in [6.07, 6.45) is 5.30. The molecule has 2 aromatic carbocycles. The van der Waals surface area contributed by atoms with Gasteiger partial charge in [0.1, 0.15) is 11.4 Å². The Morgan fingerprint density at radius 3 is 2.68 bits per heavy atom. The molecular weight excluding hydrogens is 513 g/mol. The highest BCUT2D eigenvalue weighted by Gasteiger charge is 2.35. The number of aromatic nitrogens is 2. The SMILES string of the molecule is O=C(Nc1cccn(Cc2ccc(Cl)cc2Cl)c1=O)N1N=C(c2cccnc2)CC1c1ccccc1O. The molecule has 5 rings (SSSR count). The number of anilines is 1. The molecule has 0 fully saturated rings. The Morgan fingerprint density at radius 1 is 1.08 bits per heavy atom. The molecule has 8 nitrogen and oxygen atoms in total. The number of urea groups is 1. The van der Waals surface area contributed by atoms with Crippen molar-refractivity contribution in [1.29, 1.82) is 0 Å². The van der Waals surface area contributed by atoms with Crippen molar-refractivity contribution in [3.63, 3.8) is 0 Å². The van der Waals surface area contributed by atoms with E-state index in [0.717, 1.165) is 5.56 Å². The van der Waals surface area contributed by atoms with Gasteiger partial charge < -0.3 is 15.0 Å². The van der Waals surface area contributed by atoms with Crippen LogP contribution in [0, 0.1) is 0 Å². The zero-order chi connectivity index (χ0) is 25.9. The second kappa shape index (κ2) is 10.5. The molecule has 1 atom stereocenters. The molecule has 0 bridgehead atoms. The first-order chi connectivity index (χ1) is 17.9. The summed E-state index contributed by atoms with van der Waals surface area (Å²) < 4.78 is 1.44. The molecule has 0 aliphatic carbocycles. The van der Waals surface area contributed by atoms with Gasteiger partial charge in [-0.2, -0.15) is 5.10 Å². The van der Waals surface area contributed by atoms with E-state index in [4.69, 9.17) is 23.2 Å². The van der Waals surface area contributed by atoms with E-state index >= 15 is 0 Å². The van der Waals surface area contributed by atoms with Crippen molar-refractivity contribution in [3.8, 4) is 5.75 Å². The predicted octanol–water partition coefficient (Wildman–Crippen LogP) is 5.69. The van der Waals surface area contributed by atoms with Crippen LogP contribution in [0.2, 0.25) is 10.0 Å². The molecule has 1 aliphatic rings. The Kier molecular flexibility index (Phi) is 6.94. The third-order valence-electron chi connectivity index (χ3n) is 6.03. The molecule has 2 N–H and O–H groups in total. The van der Waals surface area contributed by atoms with E-state index in [1.807, 2.05) is 6.07 Å². The number of hydrogen-bond donors (Lipinski definition) is 2. The quantitative estimate of drug-likeness (QED) is 0.344. The molecule has 1 unspecified atom stereocenters. The third kappa shape index (κ3) is 5.21. The number of hydrazone groups is 1. The zero-order valence-electron chi connectivity index (χ0n) is 19.4. The number of nitrogens with one attached hydrogen (secondary N) is 1. The maximum atomic E-state index is 13.4. The Balaban J connectivity index is 1.44. The number of amides is 2. The number of nitrogens with zero attached hydrogens (tertiary/aromatic N) is 4. The van der Waals surface area contributed by atoms with E-state index in [2.05, 4.69) is 15.4 Å². The fraction of sp³-hybridized carbons (Fsp3) is 0.111. The number of halogens is 2. The first kappa shape index (κ1) is 24.5. The molecule has 2 aromatic heterocycles. The molecule has 0 spiro atoms. The van der Waals surface area contributed by atoms with Gasteiger partial charge >= 0.3 is 6.03 Å². The van der Waals surface area contributed by atoms with Gasteiger partial charge in [0, 0.05) is 46.2 Å². The normalized spacial score (nSPS) is 14.9. The highest BCUT2D eigenvalue weighted by atomic mass is 35.5. The van der Waals surface area contributed by atoms with Crippen LogP contribution in [0.15, 0.2) is 95.2 Å². The van der Waals surface area contributed by atoms with E-state index in [1.165, 1.54) is 15.6 Å². The lowest BCUT2D eigenvalue weighted by molar-refractivity contribution is 0.199. The zero-order valence-corrected chi connectivity index (χ0v) is 20.9.